The molecule has 14 nitrogen and oxygen atoms in total. The molecule has 6 aromatic rings. The second-order valence-electron chi connectivity index (χ2n) is 10.0. The highest BCUT2D eigenvalue weighted by Crippen LogP contribution is 2.47. The van der Waals surface area contributed by atoms with Crippen molar-refractivity contribution in [1.82, 2.24) is 0 Å². The number of nitro groups is 4. The molecule has 238 valence electrons. The minimum absolute atomic E-state index is 0.0778. The zero-order valence-corrected chi connectivity index (χ0v) is 25.9. The van der Waals surface area contributed by atoms with Gasteiger partial charge in [-0.2, -0.15) is 0 Å². The number of anilines is 6. The van der Waals surface area contributed by atoms with Gasteiger partial charge in [-0.3, -0.25) is 40.5 Å². The first-order valence-electron chi connectivity index (χ1n) is 13.9. The van der Waals surface area contributed by atoms with E-state index >= 15 is 0 Å². The minimum Gasteiger partial charge on any atom is -0.302 e. The second kappa shape index (κ2) is 13.1. The number of hydrogen-bond acceptors (Lipinski definition) is 12. The summed E-state index contributed by atoms with van der Waals surface area (Å²) in [6, 6.07) is 31.5. The zero-order chi connectivity index (χ0) is 33.9. The van der Waals surface area contributed by atoms with Gasteiger partial charge in [0.2, 0.25) is 0 Å². The topological polar surface area (TPSA) is 179 Å². The van der Waals surface area contributed by atoms with E-state index in [2.05, 4.69) is 0 Å². The molecule has 0 N–H and O–H groups in total. The number of thiophene rings is 2. The van der Waals surface area contributed by atoms with Crippen LogP contribution >= 0.6 is 22.7 Å². The molecule has 0 spiro atoms. The normalized spacial score (nSPS) is 10.8. The number of non-ortho nitro benzene ring substituents is 4. The van der Waals surface area contributed by atoms with Gasteiger partial charge in [0.1, 0.15) is 10.0 Å². The van der Waals surface area contributed by atoms with E-state index in [1.54, 1.807) is 48.5 Å². The fraction of sp³-hybridized carbons (Fsp3) is 0. The summed E-state index contributed by atoms with van der Waals surface area (Å²) in [5, 5.41) is 46.6. The van der Waals surface area contributed by atoms with E-state index in [9.17, 15) is 40.5 Å². The first-order valence-corrected chi connectivity index (χ1v) is 15.5. The monoisotopic (exact) mass is 680 g/mol. The average Bonchev–Trinajstić information content (AvgIpc) is 3.77. The van der Waals surface area contributed by atoms with Gasteiger partial charge < -0.3 is 9.80 Å². The van der Waals surface area contributed by atoms with Crippen molar-refractivity contribution in [3.8, 4) is 9.75 Å². The lowest BCUT2D eigenvalue weighted by molar-refractivity contribution is -0.385. The Balaban J connectivity index is 1.38. The van der Waals surface area contributed by atoms with Gasteiger partial charge in [-0.1, -0.05) is 0 Å². The maximum Gasteiger partial charge on any atom is 0.269 e. The molecule has 0 atom stereocenters. The van der Waals surface area contributed by atoms with Gasteiger partial charge in [0.25, 0.3) is 22.7 Å². The van der Waals surface area contributed by atoms with Crippen LogP contribution in [0.15, 0.2) is 121 Å². The van der Waals surface area contributed by atoms with E-state index in [1.165, 1.54) is 71.2 Å². The highest BCUT2D eigenvalue weighted by Gasteiger charge is 2.21. The van der Waals surface area contributed by atoms with Crippen LogP contribution in [0.3, 0.4) is 0 Å². The summed E-state index contributed by atoms with van der Waals surface area (Å²) >= 11 is 2.86. The molecule has 16 heteroatoms. The predicted molar refractivity (Wildman–Crippen MR) is 184 cm³/mol. The lowest BCUT2D eigenvalue weighted by atomic mass is 10.2. The van der Waals surface area contributed by atoms with Crippen molar-refractivity contribution in [3.63, 3.8) is 0 Å². The highest BCUT2D eigenvalue weighted by atomic mass is 32.1. The van der Waals surface area contributed by atoms with Gasteiger partial charge in [0.05, 0.1) is 19.7 Å². The first-order chi connectivity index (χ1) is 23.1. The molecule has 0 saturated heterocycles. The Morgan fingerprint density at radius 1 is 0.354 bits per heavy atom. The van der Waals surface area contributed by atoms with Gasteiger partial charge in [-0.15, -0.1) is 22.7 Å². The minimum atomic E-state index is -0.492. The van der Waals surface area contributed by atoms with E-state index in [1.807, 2.05) is 34.1 Å². The lowest BCUT2D eigenvalue weighted by Gasteiger charge is -2.23. The molecular formula is C32H20N6O8S2. The second-order valence-corrected chi connectivity index (χ2v) is 12.2. The molecule has 0 fully saturated rings. The Kier molecular flexibility index (Phi) is 8.57. The lowest BCUT2D eigenvalue weighted by Crippen LogP contribution is -2.08. The van der Waals surface area contributed by atoms with Gasteiger partial charge in [0, 0.05) is 81.0 Å². The van der Waals surface area contributed by atoms with Crippen molar-refractivity contribution >= 4 is 78.2 Å². The Morgan fingerprint density at radius 3 is 0.792 bits per heavy atom. The largest absolute Gasteiger partial charge is 0.302 e. The molecule has 0 amide bonds. The molecule has 2 heterocycles. The Labute approximate surface area is 278 Å². The molecule has 0 bridgehead atoms. The van der Waals surface area contributed by atoms with E-state index in [0.29, 0.717) is 22.7 Å². The summed E-state index contributed by atoms with van der Waals surface area (Å²) in [6.45, 7) is 0. The maximum absolute atomic E-state index is 11.3. The molecule has 48 heavy (non-hydrogen) atoms. The van der Waals surface area contributed by atoms with Crippen molar-refractivity contribution in [1.29, 1.82) is 0 Å². The number of rotatable bonds is 11. The third-order valence-electron chi connectivity index (χ3n) is 7.14. The SMILES string of the molecule is O=[N+]([O-])c1ccc(N(c2ccc([N+](=O)[O-])cc2)c2ccc(-c3ccc(N(c4ccc([N+](=O)[O-])cc4)c4ccc([N+](=O)[O-])cc4)s3)s2)cc1. The summed E-state index contributed by atoms with van der Waals surface area (Å²) < 4.78 is 0. The highest BCUT2D eigenvalue weighted by molar-refractivity contribution is 7.26. The van der Waals surface area contributed by atoms with Crippen LogP contribution in [0.25, 0.3) is 9.75 Å². The molecule has 2 aromatic heterocycles. The molecular weight excluding hydrogens is 661 g/mol. The van der Waals surface area contributed by atoms with E-state index in [0.717, 1.165) is 19.8 Å². The third kappa shape index (κ3) is 6.41. The summed E-state index contributed by atoms with van der Waals surface area (Å²) in [5.74, 6) is 0. The summed E-state index contributed by atoms with van der Waals surface area (Å²) in [6.07, 6.45) is 0. The molecule has 0 saturated carbocycles. The average molecular weight is 681 g/mol. The Bertz CT molecular complexity index is 1880. The van der Waals surface area contributed by atoms with E-state index in [-0.39, 0.29) is 22.7 Å². The molecule has 0 aliphatic rings. The summed E-state index contributed by atoms with van der Waals surface area (Å²) in [4.78, 5) is 48.6. The van der Waals surface area contributed by atoms with Crippen molar-refractivity contribution in [2.75, 3.05) is 9.80 Å². The van der Waals surface area contributed by atoms with Gasteiger partial charge in [-0.25, -0.2) is 0 Å². The molecule has 0 radical (unpaired) electrons. The van der Waals surface area contributed by atoms with Crippen LogP contribution < -0.4 is 9.80 Å². The van der Waals surface area contributed by atoms with Crippen molar-refractivity contribution in [2.45, 2.75) is 0 Å². The quantitative estimate of drug-likeness (QED) is 0.0943. The van der Waals surface area contributed by atoms with Gasteiger partial charge in [-0.05, 0) is 72.8 Å². The molecule has 0 aliphatic heterocycles. The number of nitro benzene ring substituents is 4. The molecule has 6 rings (SSSR count). The summed E-state index contributed by atoms with van der Waals surface area (Å²) in [7, 11) is 0. The predicted octanol–water partition coefficient (Wildman–Crippen LogP) is 10.0. The Hall–Kier alpha value is -6.52. The van der Waals surface area contributed by atoms with Crippen molar-refractivity contribution in [2.24, 2.45) is 0 Å². The smallest absolute Gasteiger partial charge is 0.269 e. The van der Waals surface area contributed by atoms with Gasteiger partial charge >= 0.3 is 0 Å². The number of benzene rings is 4. The fourth-order valence-electron chi connectivity index (χ4n) is 4.86. The van der Waals surface area contributed by atoms with E-state index in [4.69, 9.17) is 0 Å². The van der Waals surface area contributed by atoms with E-state index < -0.39 is 19.7 Å². The van der Waals surface area contributed by atoms with Crippen LogP contribution in [-0.4, -0.2) is 19.7 Å². The summed E-state index contributed by atoms with van der Waals surface area (Å²) in [5.41, 5.74) is 2.12. The van der Waals surface area contributed by atoms with Crippen molar-refractivity contribution < 1.29 is 19.7 Å². The fourth-order valence-corrected chi connectivity index (χ4v) is 7.05. The van der Waals surface area contributed by atoms with Crippen LogP contribution in [0.2, 0.25) is 0 Å². The van der Waals surface area contributed by atoms with Crippen LogP contribution in [0, 0.1) is 40.5 Å². The van der Waals surface area contributed by atoms with Crippen LogP contribution in [-0.2, 0) is 0 Å². The first kappa shape index (κ1) is 31.5. The molecule has 0 unspecified atom stereocenters. The van der Waals surface area contributed by atoms with Crippen LogP contribution in [0.1, 0.15) is 0 Å². The number of nitrogens with zero attached hydrogens (tertiary/aromatic N) is 6. The molecule has 4 aromatic carbocycles. The molecule has 0 aliphatic carbocycles. The van der Waals surface area contributed by atoms with Crippen LogP contribution in [0.5, 0.6) is 0 Å². The maximum atomic E-state index is 11.3. The van der Waals surface area contributed by atoms with Crippen LogP contribution in [0.4, 0.5) is 55.5 Å². The van der Waals surface area contributed by atoms with Gasteiger partial charge in [0.15, 0.2) is 0 Å². The zero-order valence-electron chi connectivity index (χ0n) is 24.3. The van der Waals surface area contributed by atoms with Crippen molar-refractivity contribution in [3.05, 3.63) is 162 Å². The number of hydrogen-bond donors (Lipinski definition) is 0. The third-order valence-corrected chi connectivity index (χ3v) is 9.48. The standard InChI is InChI=1S/C32H20N6O8S2/c39-35(40)25-9-1-21(2-10-25)33(22-3-11-26(12-4-22)36(41)42)31-19-17-29(47-31)30-18-20-32(48-30)34(23-5-13-27(14-6-23)37(43)44)24-7-15-28(16-8-24)38(45)46/h1-20H. The Morgan fingerprint density at radius 2 is 0.583 bits per heavy atom.